The summed E-state index contributed by atoms with van der Waals surface area (Å²) in [5.41, 5.74) is 0.825. The fraction of sp³-hybridized carbons (Fsp3) is 0.452. The van der Waals surface area contributed by atoms with E-state index >= 15 is 0 Å². The topological polar surface area (TPSA) is 131 Å². The summed E-state index contributed by atoms with van der Waals surface area (Å²) in [6, 6.07) is 11.7. The molecule has 2 aliphatic heterocycles. The van der Waals surface area contributed by atoms with E-state index in [2.05, 4.69) is 16.0 Å². The molecule has 3 amide bonds. The molecular weight excluding hydrogens is 574 g/mol. The zero-order valence-corrected chi connectivity index (χ0v) is 25.4. The van der Waals surface area contributed by atoms with Crippen LogP contribution in [0.15, 0.2) is 54.6 Å². The molecule has 0 radical (unpaired) electrons. The Kier molecular flexibility index (Phi) is 11.5. The third-order valence-corrected chi connectivity index (χ3v) is 9.71. The van der Waals surface area contributed by atoms with Crippen LogP contribution in [0.1, 0.15) is 38.7 Å². The van der Waals surface area contributed by atoms with Gasteiger partial charge in [0.1, 0.15) is 30.5 Å². The highest BCUT2D eigenvalue weighted by Gasteiger charge is 2.32. The van der Waals surface area contributed by atoms with Gasteiger partial charge in [0.25, 0.3) is 0 Å². The molecule has 3 N–H and O–H groups in total. The van der Waals surface area contributed by atoms with Gasteiger partial charge in [-0.25, -0.2) is 0 Å². The van der Waals surface area contributed by atoms with Crippen LogP contribution in [0, 0.1) is 11.8 Å². The molecule has 2 heterocycles. The molecule has 11 heteroatoms. The molecule has 2 bridgehead atoms. The first kappa shape index (κ1) is 31.6. The van der Waals surface area contributed by atoms with Crippen molar-refractivity contribution < 1.29 is 28.7 Å². The molecule has 4 atom stereocenters. The largest absolute Gasteiger partial charge is 0.456 e. The number of carbonyl (C=O) groups is 5. The van der Waals surface area contributed by atoms with Crippen molar-refractivity contribution in [2.24, 2.45) is 11.8 Å². The first-order chi connectivity index (χ1) is 20.2. The molecule has 1 saturated heterocycles. The van der Waals surface area contributed by atoms with Crippen molar-refractivity contribution in [1.82, 2.24) is 16.0 Å². The molecule has 2 aliphatic rings. The van der Waals surface area contributed by atoms with E-state index in [0.717, 1.165) is 22.1 Å². The predicted molar refractivity (Wildman–Crippen MR) is 166 cm³/mol. The summed E-state index contributed by atoms with van der Waals surface area (Å²) < 4.78 is 5.57. The lowest BCUT2D eigenvalue weighted by molar-refractivity contribution is -0.148. The summed E-state index contributed by atoms with van der Waals surface area (Å²) in [4.78, 5) is 66.2. The van der Waals surface area contributed by atoms with Crippen molar-refractivity contribution in [2.45, 2.75) is 57.7 Å². The molecule has 0 aromatic heterocycles. The van der Waals surface area contributed by atoms with E-state index in [4.69, 9.17) is 4.74 Å². The number of fused-ring (bicyclic) bond motifs is 8. The Hall–Kier alpha value is -3.31. The molecule has 2 aromatic carbocycles. The molecule has 0 saturated carbocycles. The lowest BCUT2D eigenvalue weighted by atomic mass is 9.88. The number of esters is 1. The van der Waals surface area contributed by atoms with Crippen molar-refractivity contribution in [2.75, 3.05) is 18.1 Å². The zero-order chi connectivity index (χ0) is 30.1. The van der Waals surface area contributed by atoms with Gasteiger partial charge in [-0.3, -0.25) is 24.0 Å². The summed E-state index contributed by atoms with van der Waals surface area (Å²) in [6.07, 6.45) is 3.47. The van der Waals surface area contributed by atoms with Gasteiger partial charge in [-0.15, -0.1) is 0 Å². The average molecular weight is 612 g/mol. The Morgan fingerprint density at radius 2 is 1.69 bits per heavy atom. The van der Waals surface area contributed by atoms with Crippen molar-refractivity contribution in [1.29, 1.82) is 0 Å². The number of ketones is 1. The molecule has 0 aliphatic carbocycles. The van der Waals surface area contributed by atoms with Crippen molar-refractivity contribution in [3.63, 3.8) is 0 Å². The Bertz CT molecular complexity index is 1350. The van der Waals surface area contributed by atoms with Crippen LogP contribution in [0.5, 0.6) is 0 Å². The van der Waals surface area contributed by atoms with E-state index in [9.17, 15) is 24.0 Å². The quantitative estimate of drug-likeness (QED) is 0.274. The lowest BCUT2D eigenvalue weighted by Crippen LogP contribution is -2.56. The molecule has 42 heavy (non-hydrogen) atoms. The van der Waals surface area contributed by atoms with Gasteiger partial charge < -0.3 is 20.7 Å². The van der Waals surface area contributed by atoms with E-state index in [1.165, 1.54) is 10.8 Å². The van der Waals surface area contributed by atoms with Crippen LogP contribution in [-0.4, -0.2) is 65.7 Å². The average Bonchev–Trinajstić information content (AvgIpc) is 2.96. The predicted octanol–water partition coefficient (Wildman–Crippen LogP) is 3.36. The molecular formula is C31H37N3O6S2. The lowest BCUT2D eigenvalue weighted by Gasteiger charge is -2.26. The molecule has 4 rings (SSSR count). The highest BCUT2D eigenvalue weighted by atomic mass is 33.1. The Labute approximate surface area is 253 Å². The van der Waals surface area contributed by atoms with E-state index in [0.29, 0.717) is 6.42 Å². The van der Waals surface area contributed by atoms with Crippen LogP contribution in [0.4, 0.5) is 0 Å². The number of hydrogen-bond donors (Lipinski definition) is 3. The van der Waals surface area contributed by atoms with Gasteiger partial charge in [-0.05, 0) is 34.8 Å². The highest BCUT2D eigenvalue weighted by molar-refractivity contribution is 8.76. The van der Waals surface area contributed by atoms with Gasteiger partial charge in [0.05, 0.1) is 0 Å². The zero-order valence-electron chi connectivity index (χ0n) is 23.8. The number of rotatable bonds is 3. The summed E-state index contributed by atoms with van der Waals surface area (Å²) in [7, 11) is 3.01. The Morgan fingerprint density at radius 1 is 0.905 bits per heavy atom. The number of carbonyl (C=O) groups excluding carboxylic acids is 5. The van der Waals surface area contributed by atoms with Gasteiger partial charge >= 0.3 is 5.97 Å². The number of ether oxygens (including phenoxy) is 1. The summed E-state index contributed by atoms with van der Waals surface area (Å²) >= 11 is 0. The highest BCUT2D eigenvalue weighted by Crippen LogP contribution is 2.25. The van der Waals surface area contributed by atoms with Gasteiger partial charge in [0.15, 0.2) is 0 Å². The van der Waals surface area contributed by atoms with Crippen molar-refractivity contribution >= 4 is 61.8 Å². The summed E-state index contributed by atoms with van der Waals surface area (Å²) in [5.74, 6) is -2.22. The number of benzene rings is 2. The minimum Gasteiger partial charge on any atom is -0.456 e. The maximum Gasteiger partial charge on any atom is 0.326 e. The molecule has 0 unspecified atom stereocenters. The molecule has 0 spiro atoms. The fourth-order valence-corrected chi connectivity index (χ4v) is 7.07. The third kappa shape index (κ3) is 9.09. The Morgan fingerprint density at radius 3 is 2.48 bits per heavy atom. The smallest absolute Gasteiger partial charge is 0.326 e. The van der Waals surface area contributed by atoms with Crippen LogP contribution in [0.3, 0.4) is 0 Å². The van der Waals surface area contributed by atoms with Gasteiger partial charge in [-0.2, -0.15) is 0 Å². The first-order valence-corrected chi connectivity index (χ1v) is 16.7. The maximum atomic E-state index is 13.6. The van der Waals surface area contributed by atoms with E-state index < -0.39 is 54.3 Å². The van der Waals surface area contributed by atoms with Crippen LogP contribution in [0.25, 0.3) is 10.8 Å². The van der Waals surface area contributed by atoms with E-state index in [1.54, 1.807) is 16.9 Å². The minimum atomic E-state index is -1.01. The number of nitrogens with one attached hydrogen (secondary N) is 3. The monoisotopic (exact) mass is 611 g/mol. The van der Waals surface area contributed by atoms with Crippen LogP contribution >= 0.6 is 21.6 Å². The molecule has 1 fully saturated rings. The molecule has 2 aromatic rings. The molecule has 224 valence electrons. The maximum absolute atomic E-state index is 13.6. The standard InChI is InChI=1S/C31H37N3O6S2/c1-19(2)25-16-23(35)15-24-9-5-6-12-41-42-18-27(34-29(25)37)31(39)33-26(30(38)32-17-28(36)40-24)14-20-10-11-21-7-3-4-8-22(21)13-20/h3-5,7-11,13,19,24-27H,6,12,14-18H2,1-2H3,(H,32,38)(H,33,39)(H,34,37)/b9-5+/t24-,25-,26-,27-/m1/s1. The second kappa shape index (κ2) is 15.2. The normalized spacial score (nSPS) is 26.1. The van der Waals surface area contributed by atoms with Crippen molar-refractivity contribution in [3.8, 4) is 0 Å². The number of Topliss-reactive ketones (excluding diaryl/α,β-unsaturated/α-hetero) is 1. The van der Waals surface area contributed by atoms with Crippen LogP contribution in [0.2, 0.25) is 0 Å². The third-order valence-electron chi connectivity index (χ3n) is 7.26. The van der Waals surface area contributed by atoms with E-state index in [-0.39, 0.29) is 36.7 Å². The minimum absolute atomic E-state index is 0.0387. The summed E-state index contributed by atoms with van der Waals surface area (Å²) in [6.45, 7) is 3.29. The van der Waals surface area contributed by atoms with Gasteiger partial charge in [-0.1, -0.05) is 84.0 Å². The van der Waals surface area contributed by atoms with Crippen LogP contribution < -0.4 is 16.0 Å². The first-order valence-electron chi connectivity index (χ1n) is 14.2. The second-order valence-electron chi connectivity index (χ2n) is 10.9. The number of allylic oxidation sites excluding steroid dienone is 1. The van der Waals surface area contributed by atoms with Crippen molar-refractivity contribution in [3.05, 3.63) is 60.2 Å². The van der Waals surface area contributed by atoms with Gasteiger partial charge in [0.2, 0.25) is 17.7 Å². The second-order valence-corrected chi connectivity index (χ2v) is 13.5. The fourth-order valence-electron chi connectivity index (χ4n) is 4.91. The van der Waals surface area contributed by atoms with Gasteiger partial charge in [0, 0.05) is 36.7 Å². The number of hydrogen-bond acceptors (Lipinski definition) is 8. The summed E-state index contributed by atoms with van der Waals surface area (Å²) in [5, 5.41) is 10.3. The number of amides is 3. The molecule has 9 nitrogen and oxygen atoms in total. The SMILES string of the molecule is CC(C)[C@H]1CC(=O)C[C@H]2/C=C/CCSSC[C@@H](NC1=O)C(=O)N[C@H](Cc1ccc3ccccc3c1)C(=O)NCC(=O)O2. The van der Waals surface area contributed by atoms with Crippen LogP contribution in [-0.2, 0) is 35.1 Å². The van der Waals surface area contributed by atoms with E-state index in [1.807, 2.05) is 62.4 Å². The Balaban J connectivity index is 1.67.